The first kappa shape index (κ1) is 17.2. The van der Waals surface area contributed by atoms with Gasteiger partial charge in [-0.1, -0.05) is 23.2 Å². The van der Waals surface area contributed by atoms with Gasteiger partial charge in [-0.15, -0.1) is 0 Å². The molecule has 0 spiro atoms. The van der Waals surface area contributed by atoms with E-state index in [1.165, 1.54) is 38.5 Å². The van der Waals surface area contributed by atoms with Gasteiger partial charge in [-0.2, -0.15) is 0 Å². The summed E-state index contributed by atoms with van der Waals surface area (Å²) >= 11 is 11.7. The summed E-state index contributed by atoms with van der Waals surface area (Å²) in [5, 5.41) is 5.43. The maximum atomic E-state index is 13.7. The van der Waals surface area contributed by atoms with Gasteiger partial charge in [0, 0.05) is 11.1 Å². The molecule has 8 heteroatoms. The first-order valence-electron chi connectivity index (χ1n) is 6.39. The summed E-state index contributed by atoms with van der Waals surface area (Å²) in [5.41, 5.74) is 0.302. The predicted octanol–water partition coefficient (Wildman–Crippen LogP) is 4.79. The molecule has 0 aliphatic rings. The monoisotopic (exact) mass is 358 g/mol. The number of nitrogens with one attached hydrogen (secondary N) is 2. The Labute approximate surface area is 142 Å². The molecule has 122 valence electrons. The topological polar surface area (TPSA) is 59.6 Å². The molecule has 0 unspecified atom stereocenters. The second-order valence-corrected chi connectivity index (χ2v) is 5.23. The minimum Gasteiger partial charge on any atom is -0.495 e. The Balaban J connectivity index is 2.18. The molecule has 0 aliphatic carbocycles. The van der Waals surface area contributed by atoms with Gasteiger partial charge >= 0.3 is 6.03 Å². The number of anilines is 2. The average Bonchev–Trinajstić information content (AvgIpc) is 2.50. The number of amides is 2. The molecule has 0 radical (unpaired) electrons. The van der Waals surface area contributed by atoms with Crippen LogP contribution in [0.2, 0.25) is 10.0 Å². The molecule has 0 fully saturated rings. The van der Waals surface area contributed by atoms with E-state index in [9.17, 15) is 9.18 Å². The number of benzene rings is 2. The summed E-state index contributed by atoms with van der Waals surface area (Å²) in [5.74, 6) is 0.101. The van der Waals surface area contributed by atoms with Crippen molar-refractivity contribution in [1.29, 1.82) is 0 Å². The Morgan fingerprint density at radius 1 is 1.00 bits per heavy atom. The van der Waals surface area contributed by atoms with Crippen molar-refractivity contribution in [2.45, 2.75) is 0 Å². The largest absolute Gasteiger partial charge is 0.495 e. The van der Waals surface area contributed by atoms with E-state index in [0.29, 0.717) is 22.2 Å². The third kappa shape index (κ3) is 4.18. The molecule has 0 saturated carbocycles. The molecular weight excluding hydrogens is 346 g/mol. The third-order valence-corrected chi connectivity index (χ3v) is 3.43. The fraction of sp³-hybridized carbons (Fsp3) is 0.133. The average molecular weight is 359 g/mol. The number of hydrogen-bond acceptors (Lipinski definition) is 3. The number of methoxy groups -OCH3 is 2. The lowest BCUT2D eigenvalue weighted by Crippen LogP contribution is -2.20. The maximum absolute atomic E-state index is 13.7. The van der Waals surface area contributed by atoms with Crippen LogP contribution in [0.25, 0.3) is 0 Å². The summed E-state index contributed by atoms with van der Waals surface area (Å²) in [4.78, 5) is 12.0. The summed E-state index contributed by atoms with van der Waals surface area (Å²) in [7, 11) is 2.90. The molecule has 0 saturated heterocycles. The highest BCUT2D eigenvalue weighted by Crippen LogP contribution is 2.36. The van der Waals surface area contributed by atoms with Gasteiger partial charge < -0.3 is 20.1 Å². The van der Waals surface area contributed by atoms with E-state index in [2.05, 4.69) is 10.6 Å². The fourth-order valence-corrected chi connectivity index (χ4v) is 2.22. The SMILES string of the molecule is COc1cc(OC)c(NC(=O)Nc2ccc(Cl)cc2F)cc1Cl. The lowest BCUT2D eigenvalue weighted by molar-refractivity contribution is 0.262. The molecule has 0 bridgehead atoms. The Kier molecular flexibility index (Phi) is 5.52. The minimum absolute atomic E-state index is 0.00882. The minimum atomic E-state index is -0.661. The third-order valence-electron chi connectivity index (χ3n) is 2.90. The van der Waals surface area contributed by atoms with Crippen LogP contribution in [0.4, 0.5) is 20.6 Å². The van der Waals surface area contributed by atoms with Crippen LogP contribution >= 0.6 is 23.2 Å². The Morgan fingerprint density at radius 3 is 2.26 bits per heavy atom. The van der Waals surface area contributed by atoms with Crippen molar-refractivity contribution in [3.63, 3.8) is 0 Å². The van der Waals surface area contributed by atoms with E-state index >= 15 is 0 Å². The van der Waals surface area contributed by atoms with Crippen LogP contribution in [0, 0.1) is 5.82 Å². The quantitative estimate of drug-likeness (QED) is 0.825. The molecule has 0 aliphatic heterocycles. The van der Waals surface area contributed by atoms with Gasteiger partial charge in [-0.25, -0.2) is 9.18 Å². The van der Waals surface area contributed by atoms with Crippen LogP contribution in [-0.4, -0.2) is 20.3 Å². The molecule has 2 aromatic rings. The van der Waals surface area contributed by atoms with Crippen LogP contribution in [-0.2, 0) is 0 Å². The molecule has 2 N–H and O–H groups in total. The fourth-order valence-electron chi connectivity index (χ4n) is 1.82. The van der Waals surface area contributed by atoms with E-state index < -0.39 is 11.8 Å². The normalized spacial score (nSPS) is 10.1. The molecule has 0 heterocycles. The summed E-state index contributed by atoms with van der Waals surface area (Å²) in [6.07, 6.45) is 0. The molecule has 0 atom stereocenters. The molecule has 5 nitrogen and oxygen atoms in total. The number of halogens is 3. The summed E-state index contributed by atoms with van der Waals surface area (Å²) < 4.78 is 23.9. The molecule has 0 aromatic heterocycles. The smallest absolute Gasteiger partial charge is 0.323 e. The highest BCUT2D eigenvalue weighted by molar-refractivity contribution is 6.32. The van der Waals surface area contributed by atoms with Crippen LogP contribution in [0.3, 0.4) is 0 Å². The summed E-state index contributed by atoms with van der Waals surface area (Å²) in [6.45, 7) is 0. The number of carbonyl (C=O) groups is 1. The second-order valence-electron chi connectivity index (χ2n) is 4.39. The maximum Gasteiger partial charge on any atom is 0.323 e. The van der Waals surface area contributed by atoms with Crippen molar-refractivity contribution >= 4 is 40.6 Å². The van der Waals surface area contributed by atoms with Crippen LogP contribution < -0.4 is 20.1 Å². The van der Waals surface area contributed by atoms with Crippen molar-refractivity contribution < 1.29 is 18.7 Å². The Hall–Kier alpha value is -2.18. The molecule has 23 heavy (non-hydrogen) atoms. The molecule has 2 rings (SSSR count). The highest BCUT2D eigenvalue weighted by Gasteiger charge is 2.13. The van der Waals surface area contributed by atoms with Crippen molar-refractivity contribution in [3.05, 3.63) is 46.2 Å². The predicted molar refractivity (Wildman–Crippen MR) is 88.6 cm³/mol. The highest BCUT2D eigenvalue weighted by atomic mass is 35.5. The lowest BCUT2D eigenvalue weighted by Gasteiger charge is -2.14. The van der Waals surface area contributed by atoms with Crippen molar-refractivity contribution in [2.75, 3.05) is 24.9 Å². The molecule has 2 aromatic carbocycles. The number of rotatable bonds is 4. The van der Waals surface area contributed by atoms with Gasteiger partial charge in [0.1, 0.15) is 17.3 Å². The first-order valence-corrected chi connectivity index (χ1v) is 7.14. The van der Waals surface area contributed by atoms with Crippen molar-refractivity contribution in [3.8, 4) is 11.5 Å². The van der Waals surface area contributed by atoms with Gasteiger partial charge in [0.25, 0.3) is 0 Å². The van der Waals surface area contributed by atoms with Gasteiger partial charge in [0.05, 0.1) is 30.6 Å². The number of hydrogen-bond donors (Lipinski definition) is 2. The first-order chi connectivity index (χ1) is 10.9. The van der Waals surface area contributed by atoms with E-state index in [4.69, 9.17) is 32.7 Å². The van der Waals surface area contributed by atoms with Gasteiger partial charge in [-0.05, 0) is 24.3 Å². The lowest BCUT2D eigenvalue weighted by atomic mass is 10.2. The van der Waals surface area contributed by atoms with Crippen LogP contribution in [0.5, 0.6) is 11.5 Å². The van der Waals surface area contributed by atoms with E-state index in [1.54, 1.807) is 0 Å². The second kappa shape index (κ2) is 7.39. The number of ether oxygens (including phenoxy) is 2. The standard InChI is InChI=1S/C15H13Cl2FN2O3/c1-22-13-7-14(23-2)12(6-9(13)17)20-15(21)19-11-4-3-8(16)5-10(11)18/h3-7H,1-2H3,(H2,19,20,21). The van der Waals surface area contributed by atoms with Gasteiger partial charge in [0.2, 0.25) is 0 Å². The van der Waals surface area contributed by atoms with Gasteiger partial charge in [0.15, 0.2) is 0 Å². The van der Waals surface area contributed by atoms with E-state index in [1.807, 2.05) is 0 Å². The zero-order chi connectivity index (χ0) is 17.0. The summed E-state index contributed by atoms with van der Waals surface area (Å²) in [6, 6.07) is 6.26. The van der Waals surface area contributed by atoms with Gasteiger partial charge in [-0.3, -0.25) is 0 Å². The van der Waals surface area contributed by atoms with Crippen LogP contribution in [0.1, 0.15) is 0 Å². The molecule has 2 amide bonds. The molecular formula is C15H13Cl2FN2O3. The zero-order valence-electron chi connectivity index (χ0n) is 12.2. The van der Waals surface area contributed by atoms with E-state index in [0.717, 1.165) is 6.07 Å². The van der Waals surface area contributed by atoms with Crippen LogP contribution in [0.15, 0.2) is 30.3 Å². The number of urea groups is 1. The van der Waals surface area contributed by atoms with E-state index in [-0.39, 0.29) is 10.7 Å². The van der Waals surface area contributed by atoms with Crippen molar-refractivity contribution in [2.24, 2.45) is 0 Å². The Morgan fingerprint density at radius 2 is 1.65 bits per heavy atom. The Bertz CT molecular complexity index is 741. The number of carbonyl (C=O) groups excluding carboxylic acids is 1. The van der Waals surface area contributed by atoms with Crippen molar-refractivity contribution in [1.82, 2.24) is 0 Å². The zero-order valence-corrected chi connectivity index (χ0v) is 13.8.